The molecular weight excluding hydrogens is 264 g/mol. The molecule has 0 radical (unpaired) electrons. The lowest BCUT2D eigenvalue weighted by atomic mass is 9.64. The zero-order valence-corrected chi connectivity index (χ0v) is 12.4. The Hall–Kier alpha value is -1.34. The fourth-order valence-corrected chi connectivity index (χ4v) is 2.86. The van der Waals surface area contributed by atoms with E-state index >= 15 is 0 Å². The minimum absolute atomic E-state index is 0.0284. The first kappa shape index (κ1) is 14.1. The number of aromatic nitrogens is 1. The molecule has 1 fully saturated rings. The van der Waals surface area contributed by atoms with Gasteiger partial charge in [0.05, 0.1) is 6.10 Å². The van der Waals surface area contributed by atoms with Crippen LogP contribution in [0.3, 0.4) is 0 Å². The van der Waals surface area contributed by atoms with Gasteiger partial charge in [-0.15, -0.1) is 0 Å². The van der Waals surface area contributed by atoms with Gasteiger partial charge in [-0.1, -0.05) is 25.2 Å². The van der Waals surface area contributed by atoms with E-state index in [4.69, 9.17) is 5.73 Å². The third kappa shape index (κ3) is 2.40. The largest absolute Gasteiger partial charge is 0.392 e. The summed E-state index contributed by atoms with van der Waals surface area (Å²) in [6.45, 7) is 3.88. The van der Waals surface area contributed by atoms with Crippen molar-refractivity contribution in [3.8, 4) is 0 Å². The van der Waals surface area contributed by atoms with Crippen LogP contribution in [0.4, 0.5) is 10.9 Å². The fourth-order valence-electron chi connectivity index (χ4n) is 2.05. The molecule has 6 nitrogen and oxygen atoms in total. The van der Waals surface area contributed by atoms with Gasteiger partial charge < -0.3 is 21.1 Å². The van der Waals surface area contributed by atoms with E-state index in [-0.39, 0.29) is 29.3 Å². The predicted molar refractivity (Wildman–Crippen MR) is 76.5 cm³/mol. The van der Waals surface area contributed by atoms with Gasteiger partial charge in [-0.05, 0) is 6.42 Å². The maximum atomic E-state index is 12.2. The van der Waals surface area contributed by atoms with Crippen molar-refractivity contribution in [2.75, 3.05) is 24.7 Å². The quantitative estimate of drug-likeness (QED) is 0.759. The second-order valence-corrected chi connectivity index (χ2v) is 6.68. The summed E-state index contributed by atoms with van der Waals surface area (Å²) in [6.07, 6.45) is 0.215. The number of nitrogens with one attached hydrogen (secondary N) is 1. The van der Waals surface area contributed by atoms with Gasteiger partial charge in [0.25, 0.3) is 5.91 Å². The van der Waals surface area contributed by atoms with Crippen molar-refractivity contribution >= 4 is 28.2 Å². The lowest BCUT2D eigenvalue weighted by Gasteiger charge is -2.49. The van der Waals surface area contributed by atoms with E-state index in [1.807, 2.05) is 32.8 Å². The third-order valence-corrected chi connectivity index (χ3v) is 4.99. The number of anilines is 2. The van der Waals surface area contributed by atoms with E-state index in [1.54, 1.807) is 0 Å². The molecule has 1 aromatic rings. The number of carbonyl (C=O) groups is 1. The van der Waals surface area contributed by atoms with E-state index < -0.39 is 0 Å². The highest BCUT2D eigenvalue weighted by molar-refractivity contribution is 7.18. The molecule has 0 bridgehead atoms. The Bertz CT molecular complexity index is 498. The predicted octanol–water partition coefficient (Wildman–Crippen LogP) is 0.681. The average Bonchev–Trinajstić information content (AvgIpc) is 2.71. The molecule has 1 amide bonds. The Morgan fingerprint density at radius 2 is 2.21 bits per heavy atom. The minimum atomic E-state index is -0.367. The second kappa shape index (κ2) is 4.64. The number of amides is 1. The van der Waals surface area contributed by atoms with Gasteiger partial charge in [0.1, 0.15) is 10.7 Å². The zero-order valence-electron chi connectivity index (χ0n) is 11.6. The summed E-state index contributed by atoms with van der Waals surface area (Å²) >= 11 is 1.27. The van der Waals surface area contributed by atoms with E-state index in [2.05, 4.69) is 10.3 Å². The van der Waals surface area contributed by atoms with Crippen LogP contribution in [0.1, 0.15) is 29.9 Å². The lowest BCUT2D eigenvalue weighted by molar-refractivity contribution is -0.0689. The number of rotatable bonds is 3. The molecule has 2 rings (SSSR count). The van der Waals surface area contributed by atoms with Crippen LogP contribution in [0.25, 0.3) is 0 Å². The molecule has 0 aliphatic heterocycles. The number of nitrogens with zero attached hydrogens (tertiary/aromatic N) is 2. The summed E-state index contributed by atoms with van der Waals surface area (Å²) in [4.78, 5) is 18.6. The Labute approximate surface area is 116 Å². The fraction of sp³-hybridized carbons (Fsp3) is 0.667. The first-order chi connectivity index (χ1) is 8.73. The maximum Gasteiger partial charge on any atom is 0.265 e. The van der Waals surface area contributed by atoms with Gasteiger partial charge in [0.15, 0.2) is 5.13 Å². The van der Waals surface area contributed by atoms with Crippen LogP contribution in [-0.2, 0) is 0 Å². The Balaban J connectivity index is 2.09. The topological polar surface area (TPSA) is 91.5 Å². The number of nitrogens with two attached hydrogens (primary N) is 1. The Morgan fingerprint density at radius 3 is 2.63 bits per heavy atom. The first-order valence-electron chi connectivity index (χ1n) is 6.16. The summed E-state index contributed by atoms with van der Waals surface area (Å²) < 4.78 is 0. The summed E-state index contributed by atoms with van der Waals surface area (Å²) in [5.41, 5.74) is 5.48. The molecule has 1 aliphatic rings. The van der Waals surface area contributed by atoms with Gasteiger partial charge in [0.2, 0.25) is 0 Å². The van der Waals surface area contributed by atoms with Crippen molar-refractivity contribution < 1.29 is 9.90 Å². The smallest absolute Gasteiger partial charge is 0.265 e. The number of aliphatic hydroxyl groups is 1. The zero-order chi connectivity index (χ0) is 14.4. The monoisotopic (exact) mass is 284 g/mol. The van der Waals surface area contributed by atoms with Crippen molar-refractivity contribution in [2.24, 2.45) is 5.41 Å². The summed E-state index contributed by atoms with van der Waals surface area (Å²) in [7, 11) is 3.71. The molecule has 4 N–H and O–H groups in total. The first-order valence-corrected chi connectivity index (χ1v) is 6.97. The van der Waals surface area contributed by atoms with Gasteiger partial charge in [-0.2, -0.15) is 0 Å². The number of aliphatic hydroxyl groups excluding tert-OH is 1. The van der Waals surface area contributed by atoms with Gasteiger partial charge in [-0.25, -0.2) is 4.98 Å². The molecule has 2 unspecified atom stereocenters. The highest BCUT2D eigenvalue weighted by atomic mass is 32.1. The molecule has 1 saturated carbocycles. The molecule has 2 atom stereocenters. The molecule has 1 aliphatic carbocycles. The van der Waals surface area contributed by atoms with E-state index in [0.717, 1.165) is 0 Å². The number of thiazole rings is 1. The average molecular weight is 284 g/mol. The van der Waals surface area contributed by atoms with Crippen molar-refractivity contribution in [3.05, 3.63) is 4.88 Å². The highest BCUT2D eigenvalue weighted by Crippen LogP contribution is 2.40. The van der Waals surface area contributed by atoms with Crippen molar-refractivity contribution in [1.29, 1.82) is 0 Å². The normalized spacial score (nSPS) is 24.7. The maximum absolute atomic E-state index is 12.2. The number of nitrogen functional groups attached to an aromatic ring is 1. The number of carbonyl (C=O) groups excluding carboxylic acids is 1. The molecule has 0 aromatic carbocycles. The van der Waals surface area contributed by atoms with E-state index in [0.29, 0.717) is 16.4 Å². The van der Waals surface area contributed by atoms with Gasteiger partial charge in [-0.3, -0.25) is 4.79 Å². The summed E-state index contributed by atoms with van der Waals surface area (Å²) in [5, 5.41) is 13.3. The van der Waals surface area contributed by atoms with Crippen molar-refractivity contribution in [1.82, 2.24) is 10.3 Å². The third-order valence-electron chi connectivity index (χ3n) is 3.75. The highest BCUT2D eigenvalue weighted by Gasteiger charge is 2.48. The number of hydrogen-bond donors (Lipinski definition) is 3. The van der Waals surface area contributed by atoms with Crippen LogP contribution in [0.2, 0.25) is 0 Å². The van der Waals surface area contributed by atoms with E-state index in [9.17, 15) is 9.90 Å². The van der Waals surface area contributed by atoms with Crippen LogP contribution < -0.4 is 16.0 Å². The standard InChI is InChI=1S/C12H20N4O2S/c1-12(2)6(5-7(12)17)14-10(18)8-9(13)15-11(19-8)16(3)4/h6-7,17H,5,13H2,1-4H3,(H,14,18). The molecule has 0 saturated heterocycles. The van der Waals surface area contributed by atoms with Gasteiger partial charge in [0, 0.05) is 25.6 Å². The molecule has 1 heterocycles. The Morgan fingerprint density at radius 1 is 1.58 bits per heavy atom. The molecule has 7 heteroatoms. The molecular formula is C12H20N4O2S. The molecule has 106 valence electrons. The lowest BCUT2D eigenvalue weighted by Crippen LogP contribution is -2.61. The van der Waals surface area contributed by atoms with Crippen molar-refractivity contribution in [2.45, 2.75) is 32.4 Å². The van der Waals surface area contributed by atoms with Crippen LogP contribution in [0.5, 0.6) is 0 Å². The second-order valence-electron chi connectivity index (χ2n) is 5.70. The molecule has 0 spiro atoms. The SMILES string of the molecule is CN(C)c1nc(N)c(C(=O)NC2CC(O)C2(C)C)s1. The van der Waals surface area contributed by atoms with E-state index in [1.165, 1.54) is 11.3 Å². The number of hydrogen-bond acceptors (Lipinski definition) is 6. The molecule has 1 aromatic heterocycles. The van der Waals surface area contributed by atoms with Crippen LogP contribution in [0.15, 0.2) is 0 Å². The summed E-state index contributed by atoms with van der Waals surface area (Å²) in [5.74, 6) is 0.0388. The van der Waals surface area contributed by atoms with Crippen LogP contribution in [0, 0.1) is 5.41 Å². The molecule has 19 heavy (non-hydrogen) atoms. The van der Waals surface area contributed by atoms with Crippen LogP contribution >= 0.6 is 11.3 Å². The van der Waals surface area contributed by atoms with Crippen molar-refractivity contribution in [3.63, 3.8) is 0 Å². The van der Waals surface area contributed by atoms with Gasteiger partial charge >= 0.3 is 0 Å². The Kier molecular flexibility index (Phi) is 3.44. The minimum Gasteiger partial charge on any atom is -0.392 e. The van der Waals surface area contributed by atoms with Crippen LogP contribution in [-0.4, -0.2) is 42.2 Å². The summed E-state index contributed by atoms with van der Waals surface area (Å²) in [6, 6.07) is -0.0284.